The van der Waals surface area contributed by atoms with E-state index in [4.69, 9.17) is 10.5 Å². The predicted molar refractivity (Wildman–Crippen MR) is 84.4 cm³/mol. The van der Waals surface area contributed by atoms with Crippen LogP contribution < -0.4 is 5.73 Å². The van der Waals surface area contributed by atoms with Crippen molar-refractivity contribution in [1.29, 1.82) is 0 Å². The molecule has 0 fully saturated rings. The van der Waals surface area contributed by atoms with Gasteiger partial charge in [-0.15, -0.1) is 0 Å². The minimum atomic E-state index is -1.56. The lowest BCUT2D eigenvalue weighted by Crippen LogP contribution is -2.48. The highest BCUT2D eigenvalue weighted by Crippen LogP contribution is 2.14. The number of hydrogen-bond acceptors (Lipinski definition) is 6. The average Bonchev–Trinajstić information content (AvgIpc) is 2.44. The van der Waals surface area contributed by atoms with E-state index in [9.17, 15) is 14.4 Å². The summed E-state index contributed by atoms with van der Waals surface area (Å²) in [5, 5.41) is 0. The molecule has 126 valence electrons. The first-order chi connectivity index (χ1) is 10.7. The summed E-state index contributed by atoms with van der Waals surface area (Å²) in [5.74, 6) is -0.961. The molecule has 1 aromatic rings. The number of rotatable bonds is 7. The molecule has 2 N–H and O–H groups in total. The number of ether oxygens (including phenoxy) is 2. The normalized spacial score (nSPS) is 13.3. The molecule has 0 amide bonds. The largest absolute Gasteiger partial charge is 0.516 e. The Kier molecular flexibility index (Phi) is 6.90. The standard InChI is InChI=1S/C17H23NO5/c1-12(2)9-14(19)10-17(3,18)15(20)23-16(21)22-11-13-7-5-4-6-8-13/h4-8,12H,9-11,18H2,1-3H3. The highest BCUT2D eigenvalue weighted by molar-refractivity contribution is 5.93. The summed E-state index contributed by atoms with van der Waals surface area (Å²) in [6, 6.07) is 8.97. The topological polar surface area (TPSA) is 95.7 Å². The van der Waals surface area contributed by atoms with Gasteiger partial charge in [-0.2, -0.15) is 0 Å². The molecule has 1 atom stereocenters. The number of benzene rings is 1. The first-order valence-corrected chi connectivity index (χ1v) is 7.44. The second-order valence-corrected chi connectivity index (χ2v) is 6.14. The van der Waals surface area contributed by atoms with Crippen LogP contribution in [0.5, 0.6) is 0 Å². The molecule has 1 unspecified atom stereocenters. The van der Waals surface area contributed by atoms with E-state index in [1.807, 2.05) is 19.9 Å². The molecular weight excluding hydrogens is 298 g/mol. The van der Waals surface area contributed by atoms with Gasteiger partial charge in [0.2, 0.25) is 0 Å². The summed E-state index contributed by atoms with van der Waals surface area (Å²) in [5.41, 5.74) is 4.99. The van der Waals surface area contributed by atoms with Gasteiger partial charge in [0, 0.05) is 12.8 Å². The number of ketones is 1. The average molecular weight is 321 g/mol. The van der Waals surface area contributed by atoms with Gasteiger partial charge < -0.3 is 15.2 Å². The lowest BCUT2D eigenvalue weighted by Gasteiger charge is -2.21. The second kappa shape index (κ2) is 8.43. The first kappa shape index (κ1) is 18.8. The van der Waals surface area contributed by atoms with E-state index in [1.165, 1.54) is 6.92 Å². The zero-order valence-corrected chi connectivity index (χ0v) is 13.7. The van der Waals surface area contributed by atoms with Crippen LogP contribution in [0.15, 0.2) is 30.3 Å². The molecule has 0 aliphatic heterocycles. The van der Waals surface area contributed by atoms with Crippen LogP contribution in [0.4, 0.5) is 4.79 Å². The zero-order chi connectivity index (χ0) is 17.5. The zero-order valence-electron chi connectivity index (χ0n) is 13.7. The van der Waals surface area contributed by atoms with Crippen molar-refractivity contribution in [2.75, 3.05) is 0 Å². The smallest absolute Gasteiger partial charge is 0.429 e. The molecule has 0 aliphatic carbocycles. The number of Topliss-reactive ketones (excluding diaryl/α,β-unsaturated/α-hetero) is 1. The monoisotopic (exact) mass is 321 g/mol. The van der Waals surface area contributed by atoms with E-state index in [-0.39, 0.29) is 24.7 Å². The van der Waals surface area contributed by atoms with Crippen LogP contribution in [0, 0.1) is 5.92 Å². The minimum Gasteiger partial charge on any atom is -0.429 e. The fraction of sp³-hybridized carbons (Fsp3) is 0.471. The number of esters is 1. The van der Waals surface area contributed by atoms with E-state index in [2.05, 4.69) is 4.74 Å². The maximum absolute atomic E-state index is 11.9. The third-order valence-electron chi connectivity index (χ3n) is 3.04. The molecule has 0 aromatic heterocycles. The molecule has 6 nitrogen and oxygen atoms in total. The number of carbonyl (C=O) groups excluding carboxylic acids is 3. The first-order valence-electron chi connectivity index (χ1n) is 7.44. The van der Waals surface area contributed by atoms with Gasteiger partial charge in [-0.3, -0.25) is 4.79 Å². The second-order valence-electron chi connectivity index (χ2n) is 6.14. The van der Waals surface area contributed by atoms with Crippen molar-refractivity contribution in [1.82, 2.24) is 0 Å². The fourth-order valence-electron chi connectivity index (χ4n) is 1.95. The maximum atomic E-state index is 11.9. The van der Waals surface area contributed by atoms with Gasteiger partial charge in [-0.1, -0.05) is 44.2 Å². The number of carbonyl (C=O) groups is 3. The Labute approximate surface area is 135 Å². The Balaban J connectivity index is 2.46. The Bertz CT molecular complexity index is 551. The van der Waals surface area contributed by atoms with Crippen molar-refractivity contribution in [2.24, 2.45) is 11.7 Å². The van der Waals surface area contributed by atoms with Crippen LogP contribution in [0.25, 0.3) is 0 Å². The molecular formula is C17H23NO5. The van der Waals surface area contributed by atoms with Crippen LogP contribution in [0.3, 0.4) is 0 Å². The summed E-state index contributed by atoms with van der Waals surface area (Å²) in [6.07, 6.45) is -0.999. The SMILES string of the molecule is CC(C)CC(=O)CC(C)(N)C(=O)OC(=O)OCc1ccccc1. The van der Waals surface area contributed by atoms with E-state index in [1.54, 1.807) is 24.3 Å². The highest BCUT2D eigenvalue weighted by Gasteiger charge is 2.34. The summed E-state index contributed by atoms with van der Waals surface area (Å²) in [6.45, 7) is 5.13. The molecule has 0 aliphatic rings. The van der Waals surface area contributed by atoms with Gasteiger partial charge in [-0.25, -0.2) is 9.59 Å². The van der Waals surface area contributed by atoms with Crippen LogP contribution in [0.2, 0.25) is 0 Å². The van der Waals surface area contributed by atoms with Crippen molar-refractivity contribution in [3.05, 3.63) is 35.9 Å². The molecule has 0 saturated carbocycles. The van der Waals surface area contributed by atoms with Crippen molar-refractivity contribution < 1.29 is 23.9 Å². The number of hydrogen-bond donors (Lipinski definition) is 1. The summed E-state index contributed by atoms with van der Waals surface area (Å²) < 4.78 is 9.41. The molecule has 1 rings (SSSR count). The van der Waals surface area contributed by atoms with Crippen LogP contribution in [0.1, 0.15) is 39.2 Å². The quantitative estimate of drug-likeness (QED) is 0.612. The molecule has 0 bridgehead atoms. The van der Waals surface area contributed by atoms with Crippen LogP contribution in [-0.4, -0.2) is 23.4 Å². The Morgan fingerprint density at radius 2 is 1.78 bits per heavy atom. The molecule has 0 radical (unpaired) electrons. The van der Waals surface area contributed by atoms with E-state index >= 15 is 0 Å². The third kappa shape index (κ3) is 7.06. The fourth-order valence-corrected chi connectivity index (χ4v) is 1.95. The van der Waals surface area contributed by atoms with Gasteiger partial charge in [0.15, 0.2) is 0 Å². The van der Waals surface area contributed by atoms with Crippen molar-refractivity contribution >= 4 is 17.9 Å². The third-order valence-corrected chi connectivity index (χ3v) is 3.04. The molecule has 0 spiro atoms. The molecule has 0 heterocycles. The highest BCUT2D eigenvalue weighted by atomic mass is 16.7. The van der Waals surface area contributed by atoms with E-state index in [0.717, 1.165) is 5.56 Å². The maximum Gasteiger partial charge on any atom is 0.516 e. The molecule has 6 heteroatoms. The summed E-state index contributed by atoms with van der Waals surface area (Å²) in [7, 11) is 0. The van der Waals surface area contributed by atoms with Gasteiger partial charge in [0.05, 0.1) is 0 Å². The van der Waals surface area contributed by atoms with Gasteiger partial charge in [0.1, 0.15) is 17.9 Å². The van der Waals surface area contributed by atoms with Crippen LogP contribution in [-0.2, 0) is 25.7 Å². The number of nitrogens with two attached hydrogens (primary N) is 1. The minimum absolute atomic E-state index is 0.0134. The molecule has 23 heavy (non-hydrogen) atoms. The van der Waals surface area contributed by atoms with E-state index in [0.29, 0.717) is 6.42 Å². The van der Waals surface area contributed by atoms with Crippen molar-refractivity contribution in [3.63, 3.8) is 0 Å². The van der Waals surface area contributed by atoms with Gasteiger partial charge >= 0.3 is 12.1 Å². The Morgan fingerprint density at radius 3 is 2.35 bits per heavy atom. The summed E-state index contributed by atoms with van der Waals surface area (Å²) >= 11 is 0. The van der Waals surface area contributed by atoms with Gasteiger partial charge in [-0.05, 0) is 18.4 Å². The molecule has 0 saturated heterocycles. The van der Waals surface area contributed by atoms with Crippen molar-refractivity contribution in [3.8, 4) is 0 Å². The van der Waals surface area contributed by atoms with Crippen LogP contribution >= 0.6 is 0 Å². The van der Waals surface area contributed by atoms with Gasteiger partial charge in [0.25, 0.3) is 0 Å². The lowest BCUT2D eigenvalue weighted by atomic mass is 9.93. The Hall–Kier alpha value is -2.21. The van der Waals surface area contributed by atoms with E-state index < -0.39 is 17.7 Å². The predicted octanol–water partition coefficient (Wildman–Crippen LogP) is 2.59. The lowest BCUT2D eigenvalue weighted by molar-refractivity contribution is -0.147. The molecule has 1 aromatic carbocycles. The summed E-state index contributed by atoms with van der Waals surface area (Å²) in [4.78, 5) is 35.2. The van der Waals surface area contributed by atoms with Crippen molar-refractivity contribution in [2.45, 2.75) is 45.8 Å². The Morgan fingerprint density at radius 1 is 1.17 bits per heavy atom.